The highest BCUT2D eigenvalue weighted by Gasteiger charge is 2.28. The summed E-state index contributed by atoms with van der Waals surface area (Å²) in [6.45, 7) is 5.60. The van der Waals surface area contributed by atoms with Crippen LogP contribution in [0.5, 0.6) is 0 Å². The Bertz CT molecular complexity index is 1170. The van der Waals surface area contributed by atoms with E-state index in [-0.39, 0.29) is 24.6 Å². The molecule has 0 saturated heterocycles. The molecule has 0 spiro atoms. The maximum absolute atomic E-state index is 13.8. The molecule has 3 rings (SSSR count). The summed E-state index contributed by atoms with van der Waals surface area (Å²) in [4.78, 5) is 15.1. The molecular weight excluding hydrogens is 419 g/mol. The molecule has 2 aromatic carbocycles. The van der Waals surface area contributed by atoms with Crippen LogP contribution < -0.4 is 0 Å². The number of halogens is 1. The normalized spacial score (nSPS) is 11.6. The van der Waals surface area contributed by atoms with E-state index in [1.807, 2.05) is 30.3 Å². The summed E-state index contributed by atoms with van der Waals surface area (Å²) in [6.07, 6.45) is 0. The predicted octanol–water partition coefficient (Wildman–Crippen LogP) is 4.34. The number of benzene rings is 2. The molecule has 0 radical (unpaired) electrons. The van der Waals surface area contributed by atoms with Gasteiger partial charge >= 0.3 is 5.97 Å². The largest absolute Gasteiger partial charge is 0.461 e. The molecule has 0 atom stereocenters. The summed E-state index contributed by atoms with van der Waals surface area (Å²) in [6, 6.07) is 14.1. The van der Waals surface area contributed by atoms with Gasteiger partial charge in [-0.3, -0.25) is 0 Å². The zero-order chi connectivity index (χ0) is 22.6. The highest BCUT2D eigenvalue weighted by atomic mass is 32.2. The van der Waals surface area contributed by atoms with Crippen molar-refractivity contribution in [2.24, 2.45) is 0 Å². The van der Waals surface area contributed by atoms with Gasteiger partial charge in [0.15, 0.2) is 0 Å². The molecule has 0 fully saturated rings. The Hall–Kier alpha value is -2.97. The number of carbonyl (C=O) groups is 1. The van der Waals surface area contributed by atoms with Gasteiger partial charge in [0.05, 0.1) is 11.5 Å². The van der Waals surface area contributed by atoms with E-state index in [1.165, 1.54) is 22.5 Å². The molecule has 1 N–H and O–H groups in total. The third-order valence-electron chi connectivity index (χ3n) is 5.04. The topological polar surface area (TPSA) is 79.5 Å². The summed E-state index contributed by atoms with van der Waals surface area (Å²) in [5.41, 5.74) is 3.08. The average Bonchev–Trinajstić information content (AvgIpc) is 3.02. The van der Waals surface area contributed by atoms with E-state index < -0.39 is 21.8 Å². The van der Waals surface area contributed by atoms with E-state index in [9.17, 15) is 17.6 Å². The number of hydrogen-bond acceptors (Lipinski definition) is 4. The first-order valence-corrected chi connectivity index (χ1v) is 11.3. The van der Waals surface area contributed by atoms with Crippen molar-refractivity contribution >= 4 is 16.0 Å². The van der Waals surface area contributed by atoms with Crippen molar-refractivity contribution in [1.82, 2.24) is 9.29 Å². The van der Waals surface area contributed by atoms with E-state index in [0.29, 0.717) is 22.5 Å². The number of nitrogens with zero attached hydrogens (tertiary/aromatic N) is 1. The first-order valence-electron chi connectivity index (χ1n) is 9.88. The number of nitrogens with one attached hydrogen (secondary N) is 1. The Morgan fingerprint density at radius 3 is 2.42 bits per heavy atom. The number of aromatic nitrogens is 1. The predicted molar refractivity (Wildman–Crippen MR) is 115 cm³/mol. The second kappa shape index (κ2) is 9.45. The fraction of sp³-hybridized carbons (Fsp3) is 0.261. The fourth-order valence-corrected chi connectivity index (χ4v) is 4.83. The Morgan fingerprint density at radius 2 is 1.77 bits per heavy atom. The zero-order valence-electron chi connectivity index (χ0n) is 17.7. The molecule has 0 aliphatic carbocycles. The van der Waals surface area contributed by atoms with Gasteiger partial charge in [0, 0.05) is 18.8 Å². The lowest BCUT2D eigenvalue weighted by atomic mass is 10.1. The lowest BCUT2D eigenvalue weighted by Crippen LogP contribution is -2.30. The second-order valence-corrected chi connectivity index (χ2v) is 9.10. The molecule has 0 saturated carbocycles. The monoisotopic (exact) mass is 444 g/mol. The number of esters is 1. The van der Waals surface area contributed by atoms with Crippen molar-refractivity contribution in [2.75, 3.05) is 6.61 Å². The van der Waals surface area contributed by atoms with Crippen LogP contribution in [0.15, 0.2) is 59.5 Å². The summed E-state index contributed by atoms with van der Waals surface area (Å²) >= 11 is 0. The first-order chi connectivity index (χ1) is 14.7. The summed E-state index contributed by atoms with van der Waals surface area (Å²) in [7, 11) is -4.01. The lowest BCUT2D eigenvalue weighted by Gasteiger charge is -2.23. The summed E-state index contributed by atoms with van der Waals surface area (Å²) < 4.78 is 47.0. The molecule has 6 nitrogen and oxygen atoms in total. The van der Waals surface area contributed by atoms with Gasteiger partial charge in [-0.15, -0.1) is 0 Å². The first kappa shape index (κ1) is 22.7. The van der Waals surface area contributed by atoms with Crippen LogP contribution >= 0.6 is 0 Å². The van der Waals surface area contributed by atoms with Gasteiger partial charge in [-0.2, -0.15) is 4.31 Å². The minimum absolute atomic E-state index is 0.0152. The molecule has 0 aliphatic rings. The summed E-state index contributed by atoms with van der Waals surface area (Å²) in [5, 5.41) is 0. The van der Waals surface area contributed by atoms with Crippen molar-refractivity contribution in [3.8, 4) is 0 Å². The minimum atomic E-state index is -4.01. The second-order valence-electron chi connectivity index (χ2n) is 7.17. The SMILES string of the molecule is CCOC(=O)c1[nH]c(C)c(CN(Cc2ccccc2)S(=O)(=O)c2cccc(F)c2)c1C. The maximum Gasteiger partial charge on any atom is 0.355 e. The number of aromatic amines is 1. The molecule has 1 aromatic heterocycles. The van der Waals surface area contributed by atoms with Crippen molar-refractivity contribution in [3.63, 3.8) is 0 Å². The fourth-order valence-electron chi connectivity index (χ4n) is 3.40. The van der Waals surface area contributed by atoms with Gasteiger partial charge in [-0.25, -0.2) is 17.6 Å². The molecule has 3 aromatic rings. The van der Waals surface area contributed by atoms with Crippen molar-refractivity contribution in [1.29, 1.82) is 0 Å². The van der Waals surface area contributed by atoms with E-state index in [4.69, 9.17) is 4.74 Å². The third-order valence-corrected chi connectivity index (χ3v) is 6.83. The zero-order valence-corrected chi connectivity index (χ0v) is 18.5. The number of sulfonamides is 1. The molecule has 0 amide bonds. The van der Waals surface area contributed by atoms with Crippen molar-refractivity contribution in [3.05, 3.63) is 88.5 Å². The quantitative estimate of drug-likeness (QED) is 0.524. The number of H-pyrrole nitrogens is 1. The van der Waals surface area contributed by atoms with Crippen molar-refractivity contribution in [2.45, 2.75) is 38.8 Å². The van der Waals surface area contributed by atoms with Gasteiger partial charge in [0.1, 0.15) is 11.5 Å². The molecule has 8 heteroatoms. The van der Waals surface area contributed by atoms with E-state index in [2.05, 4.69) is 4.98 Å². The molecule has 0 aliphatic heterocycles. The Kier molecular flexibility index (Phi) is 6.92. The third kappa shape index (κ3) is 5.03. The van der Waals surface area contributed by atoms with E-state index >= 15 is 0 Å². The van der Waals surface area contributed by atoms with Gasteiger partial charge in [-0.05, 0) is 55.7 Å². The smallest absolute Gasteiger partial charge is 0.355 e. The van der Waals surface area contributed by atoms with Crippen LogP contribution in [-0.2, 0) is 27.8 Å². The number of hydrogen-bond donors (Lipinski definition) is 1. The van der Waals surface area contributed by atoms with Gasteiger partial charge in [0.2, 0.25) is 10.0 Å². The van der Waals surface area contributed by atoms with Gasteiger partial charge in [-0.1, -0.05) is 36.4 Å². The number of carbonyl (C=O) groups excluding carboxylic acids is 1. The maximum atomic E-state index is 13.8. The highest BCUT2D eigenvalue weighted by Crippen LogP contribution is 2.26. The van der Waals surface area contributed by atoms with Crippen molar-refractivity contribution < 1.29 is 22.3 Å². The van der Waals surface area contributed by atoms with Crippen LogP contribution in [0, 0.1) is 19.7 Å². The number of ether oxygens (including phenoxy) is 1. The summed E-state index contributed by atoms with van der Waals surface area (Å²) in [5.74, 6) is -1.11. The Balaban J connectivity index is 2.03. The molecule has 1 heterocycles. The standard InChI is InChI=1S/C23H25FN2O4S/c1-4-30-23(27)22-16(2)21(17(3)25-22)15-26(14-18-9-6-5-7-10-18)31(28,29)20-12-8-11-19(24)13-20/h5-13,25H,4,14-15H2,1-3H3. The Morgan fingerprint density at radius 1 is 1.06 bits per heavy atom. The van der Waals surface area contributed by atoms with Crippen LogP contribution in [0.3, 0.4) is 0 Å². The minimum Gasteiger partial charge on any atom is -0.461 e. The van der Waals surface area contributed by atoms with E-state index in [1.54, 1.807) is 20.8 Å². The number of aryl methyl sites for hydroxylation is 1. The average molecular weight is 445 g/mol. The highest BCUT2D eigenvalue weighted by molar-refractivity contribution is 7.89. The molecule has 31 heavy (non-hydrogen) atoms. The van der Waals surface area contributed by atoms with Crippen LogP contribution in [0.1, 0.15) is 39.8 Å². The Labute approximate surface area is 181 Å². The number of rotatable bonds is 8. The molecule has 0 bridgehead atoms. The van der Waals surface area contributed by atoms with Gasteiger partial charge < -0.3 is 9.72 Å². The molecular formula is C23H25FN2O4S. The lowest BCUT2D eigenvalue weighted by molar-refractivity contribution is 0.0519. The van der Waals surface area contributed by atoms with Gasteiger partial charge in [0.25, 0.3) is 0 Å². The van der Waals surface area contributed by atoms with Crippen LogP contribution in [0.25, 0.3) is 0 Å². The molecule has 0 unspecified atom stereocenters. The van der Waals surface area contributed by atoms with Crippen LogP contribution in [0.2, 0.25) is 0 Å². The van der Waals surface area contributed by atoms with Crippen LogP contribution in [0.4, 0.5) is 4.39 Å². The van der Waals surface area contributed by atoms with Crippen LogP contribution in [-0.4, -0.2) is 30.3 Å². The molecule has 164 valence electrons. The van der Waals surface area contributed by atoms with E-state index in [0.717, 1.165) is 11.6 Å².